The summed E-state index contributed by atoms with van der Waals surface area (Å²) < 4.78 is 42.7. The molecule has 3 N–H and O–H groups in total. The molecule has 1 aromatic carbocycles. The highest BCUT2D eigenvalue weighted by molar-refractivity contribution is 5.96. The van der Waals surface area contributed by atoms with Crippen LogP contribution < -0.4 is 5.73 Å². The number of furan rings is 1. The van der Waals surface area contributed by atoms with Crippen LogP contribution in [0.5, 0.6) is 0 Å². The topological polar surface area (TPSA) is 63.0 Å². The van der Waals surface area contributed by atoms with Crippen LogP contribution in [0.25, 0.3) is 11.3 Å². The predicted octanol–water partition coefficient (Wildman–Crippen LogP) is 3.56. The summed E-state index contributed by atoms with van der Waals surface area (Å²) in [6.07, 6.45) is -4.36. The van der Waals surface area contributed by atoms with E-state index in [1.54, 1.807) is 13.0 Å². The molecule has 0 radical (unpaired) electrons. The van der Waals surface area contributed by atoms with E-state index >= 15 is 0 Å². The Labute approximate surface area is 107 Å². The number of nitrogen functional groups attached to an aromatic ring is 1. The number of nitrogens with two attached hydrogens (primary N) is 1. The van der Waals surface area contributed by atoms with E-state index in [0.29, 0.717) is 22.6 Å². The number of halogens is 3. The Morgan fingerprint density at radius 3 is 2.21 bits per heavy atom. The molecule has 6 heteroatoms. The first-order valence-corrected chi connectivity index (χ1v) is 5.41. The highest BCUT2D eigenvalue weighted by Gasteiger charge is 2.30. The molecule has 0 spiro atoms. The van der Waals surface area contributed by atoms with E-state index in [0.717, 1.165) is 12.1 Å². The third-order valence-electron chi connectivity index (χ3n) is 2.70. The average molecular weight is 268 g/mol. The summed E-state index contributed by atoms with van der Waals surface area (Å²) in [5.41, 5.74) is 5.59. The Kier molecular flexibility index (Phi) is 3.09. The van der Waals surface area contributed by atoms with Gasteiger partial charge in [0.1, 0.15) is 17.4 Å². The summed E-state index contributed by atoms with van der Waals surface area (Å²) in [4.78, 5) is 0. The molecule has 0 aliphatic rings. The largest absolute Gasteiger partial charge is 0.461 e. The molecular weight excluding hydrogens is 257 g/mol. The highest BCUT2D eigenvalue weighted by atomic mass is 19.4. The number of hydrogen-bond donors (Lipinski definition) is 2. The van der Waals surface area contributed by atoms with Gasteiger partial charge in [-0.3, -0.25) is 5.41 Å². The number of alkyl halides is 3. The summed E-state index contributed by atoms with van der Waals surface area (Å²) in [7, 11) is 0. The fraction of sp³-hybridized carbons (Fsp3) is 0.154. The second kappa shape index (κ2) is 4.46. The SMILES string of the molecule is Cc1oc(-c2ccc(C(F)(F)F)cc2)cc1C(=N)N. The second-order valence-corrected chi connectivity index (χ2v) is 4.07. The van der Waals surface area contributed by atoms with Gasteiger partial charge in [-0.15, -0.1) is 0 Å². The molecule has 3 nitrogen and oxygen atoms in total. The zero-order chi connectivity index (χ0) is 14.2. The zero-order valence-electron chi connectivity index (χ0n) is 10.0. The maximum absolute atomic E-state index is 12.4. The molecule has 0 saturated carbocycles. The predicted molar refractivity (Wildman–Crippen MR) is 64.9 cm³/mol. The van der Waals surface area contributed by atoms with E-state index in [1.807, 2.05) is 0 Å². The van der Waals surface area contributed by atoms with Crippen molar-refractivity contribution in [2.24, 2.45) is 5.73 Å². The third kappa shape index (κ3) is 2.62. The van der Waals surface area contributed by atoms with Crippen LogP contribution in [-0.4, -0.2) is 5.84 Å². The number of aryl methyl sites for hydroxylation is 1. The molecule has 0 unspecified atom stereocenters. The summed E-state index contributed by atoms with van der Waals surface area (Å²) in [5.74, 6) is 0.707. The average Bonchev–Trinajstić information content (AvgIpc) is 2.70. The minimum atomic E-state index is -4.36. The first-order chi connectivity index (χ1) is 8.79. The fourth-order valence-electron chi connectivity index (χ4n) is 1.72. The van der Waals surface area contributed by atoms with Gasteiger partial charge in [0.2, 0.25) is 0 Å². The van der Waals surface area contributed by atoms with Crippen molar-refractivity contribution in [3.63, 3.8) is 0 Å². The highest BCUT2D eigenvalue weighted by Crippen LogP contribution is 2.32. The zero-order valence-corrected chi connectivity index (χ0v) is 10.0. The molecule has 2 rings (SSSR count). The molecule has 0 aliphatic carbocycles. The van der Waals surface area contributed by atoms with Crippen molar-refractivity contribution < 1.29 is 17.6 Å². The lowest BCUT2D eigenvalue weighted by Gasteiger charge is -2.06. The van der Waals surface area contributed by atoms with E-state index in [2.05, 4.69) is 0 Å². The van der Waals surface area contributed by atoms with Crippen molar-refractivity contribution >= 4 is 5.84 Å². The van der Waals surface area contributed by atoms with Crippen LogP contribution in [0.4, 0.5) is 13.2 Å². The Hall–Kier alpha value is -2.24. The van der Waals surface area contributed by atoms with Crippen molar-refractivity contribution in [3.05, 3.63) is 47.2 Å². The van der Waals surface area contributed by atoms with Gasteiger partial charge in [-0.05, 0) is 25.1 Å². The number of hydrogen-bond acceptors (Lipinski definition) is 2. The van der Waals surface area contributed by atoms with Gasteiger partial charge < -0.3 is 10.2 Å². The van der Waals surface area contributed by atoms with Gasteiger partial charge in [0.05, 0.1) is 11.1 Å². The van der Waals surface area contributed by atoms with Gasteiger partial charge in [0.25, 0.3) is 0 Å². The molecule has 0 saturated heterocycles. The summed E-state index contributed by atoms with van der Waals surface area (Å²) in [6.45, 7) is 1.64. The van der Waals surface area contributed by atoms with Crippen molar-refractivity contribution in [1.82, 2.24) is 0 Å². The van der Waals surface area contributed by atoms with E-state index in [4.69, 9.17) is 15.6 Å². The van der Waals surface area contributed by atoms with Crippen molar-refractivity contribution in [2.75, 3.05) is 0 Å². The van der Waals surface area contributed by atoms with Crippen LogP contribution in [0.2, 0.25) is 0 Å². The number of rotatable bonds is 2. The first kappa shape index (κ1) is 13.2. The molecule has 19 heavy (non-hydrogen) atoms. The van der Waals surface area contributed by atoms with Gasteiger partial charge in [0.15, 0.2) is 0 Å². The van der Waals surface area contributed by atoms with Gasteiger partial charge >= 0.3 is 6.18 Å². The van der Waals surface area contributed by atoms with Crippen LogP contribution in [0, 0.1) is 12.3 Å². The second-order valence-electron chi connectivity index (χ2n) is 4.07. The van der Waals surface area contributed by atoms with Crippen molar-refractivity contribution in [1.29, 1.82) is 5.41 Å². The molecule has 0 bridgehead atoms. The molecule has 0 atom stereocenters. The van der Waals surface area contributed by atoms with Crippen molar-refractivity contribution in [2.45, 2.75) is 13.1 Å². The van der Waals surface area contributed by atoms with Gasteiger partial charge in [0, 0.05) is 5.56 Å². The molecule has 1 heterocycles. The van der Waals surface area contributed by atoms with E-state index in [1.165, 1.54) is 12.1 Å². The van der Waals surface area contributed by atoms with Crippen LogP contribution in [-0.2, 0) is 6.18 Å². The molecule has 1 aromatic heterocycles. The molecule has 0 fully saturated rings. The smallest absolute Gasteiger partial charge is 0.416 e. The summed E-state index contributed by atoms with van der Waals surface area (Å²) >= 11 is 0. The Morgan fingerprint density at radius 2 is 1.79 bits per heavy atom. The normalized spacial score (nSPS) is 11.6. The van der Waals surface area contributed by atoms with E-state index < -0.39 is 11.7 Å². The van der Waals surface area contributed by atoms with E-state index in [-0.39, 0.29) is 5.84 Å². The lowest BCUT2D eigenvalue weighted by molar-refractivity contribution is -0.137. The minimum absolute atomic E-state index is 0.139. The first-order valence-electron chi connectivity index (χ1n) is 5.41. The summed E-state index contributed by atoms with van der Waals surface area (Å²) in [5, 5.41) is 7.34. The fourth-order valence-corrected chi connectivity index (χ4v) is 1.72. The third-order valence-corrected chi connectivity index (χ3v) is 2.70. The Morgan fingerprint density at radius 1 is 1.21 bits per heavy atom. The van der Waals surface area contributed by atoms with Gasteiger partial charge in [-0.2, -0.15) is 13.2 Å². The minimum Gasteiger partial charge on any atom is -0.461 e. The van der Waals surface area contributed by atoms with Crippen LogP contribution in [0.3, 0.4) is 0 Å². The lowest BCUT2D eigenvalue weighted by Crippen LogP contribution is -2.10. The maximum atomic E-state index is 12.4. The lowest BCUT2D eigenvalue weighted by atomic mass is 10.1. The standard InChI is InChI=1S/C13H11F3N2O/c1-7-10(12(17)18)6-11(19-7)8-2-4-9(5-3-8)13(14,15)16/h2-6H,1H3,(H3,17,18). The number of benzene rings is 1. The number of amidine groups is 1. The van der Waals surface area contributed by atoms with Crippen LogP contribution in [0.1, 0.15) is 16.9 Å². The van der Waals surface area contributed by atoms with Crippen molar-refractivity contribution in [3.8, 4) is 11.3 Å². The van der Waals surface area contributed by atoms with Gasteiger partial charge in [-0.1, -0.05) is 12.1 Å². The molecule has 2 aromatic rings. The van der Waals surface area contributed by atoms with Crippen LogP contribution in [0.15, 0.2) is 34.7 Å². The number of nitrogens with one attached hydrogen (secondary N) is 1. The molecular formula is C13H11F3N2O. The van der Waals surface area contributed by atoms with E-state index in [9.17, 15) is 13.2 Å². The molecule has 0 aliphatic heterocycles. The summed E-state index contributed by atoms with van der Waals surface area (Å²) in [6, 6.07) is 6.16. The van der Waals surface area contributed by atoms with Crippen LogP contribution >= 0.6 is 0 Å². The van der Waals surface area contributed by atoms with Gasteiger partial charge in [-0.25, -0.2) is 0 Å². The Bertz CT molecular complexity index is 612. The molecule has 0 amide bonds. The monoisotopic (exact) mass is 268 g/mol. The molecule has 100 valence electrons. The Balaban J connectivity index is 2.38. The maximum Gasteiger partial charge on any atom is 0.416 e. The quantitative estimate of drug-likeness (QED) is 0.646.